The van der Waals surface area contributed by atoms with Gasteiger partial charge in [0.2, 0.25) is 0 Å². The third kappa shape index (κ3) is 4.02. The zero-order valence-corrected chi connectivity index (χ0v) is 15.3. The zero-order chi connectivity index (χ0) is 19.6. The van der Waals surface area contributed by atoms with Crippen LogP contribution in [0.2, 0.25) is 0 Å². The lowest BCUT2D eigenvalue weighted by Gasteiger charge is -2.23. The molecule has 0 saturated carbocycles. The minimum Gasteiger partial charge on any atom is -0.307 e. The second-order valence-electron chi connectivity index (χ2n) is 6.80. The van der Waals surface area contributed by atoms with Crippen molar-refractivity contribution in [1.82, 2.24) is 19.6 Å². The Bertz CT molecular complexity index is 971. The van der Waals surface area contributed by atoms with E-state index in [4.69, 9.17) is 0 Å². The van der Waals surface area contributed by atoms with Crippen LogP contribution in [-0.2, 0) is 16.9 Å². The number of rotatable bonds is 6. The van der Waals surface area contributed by atoms with Gasteiger partial charge >= 0.3 is 5.69 Å². The summed E-state index contributed by atoms with van der Waals surface area (Å²) in [7, 11) is 0. The average Bonchev–Trinajstić information content (AvgIpc) is 3.27. The summed E-state index contributed by atoms with van der Waals surface area (Å²) in [5.41, 5.74) is 1.01. The van der Waals surface area contributed by atoms with Gasteiger partial charge in [-0.3, -0.25) is 24.3 Å². The molecule has 1 N–H and O–H groups in total. The molecule has 0 atom stereocenters. The summed E-state index contributed by atoms with van der Waals surface area (Å²) in [6.45, 7) is 5.87. The number of benzene rings is 1. The van der Waals surface area contributed by atoms with Crippen molar-refractivity contribution in [3.8, 4) is 0 Å². The van der Waals surface area contributed by atoms with Crippen LogP contribution in [0.15, 0.2) is 48.9 Å². The van der Waals surface area contributed by atoms with Crippen LogP contribution in [0, 0.1) is 17.0 Å². The topological polar surface area (TPSA) is 108 Å². The third-order valence-corrected chi connectivity index (χ3v) is 4.26. The number of hydrogen-bond acceptors (Lipinski definition) is 5. The van der Waals surface area contributed by atoms with Crippen molar-refractivity contribution in [2.75, 3.05) is 5.32 Å². The fourth-order valence-electron chi connectivity index (χ4n) is 2.48. The van der Waals surface area contributed by atoms with E-state index < -0.39 is 10.5 Å². The summed E-state index contributed by atoms with van der Waals surface area (Å²) in [4.78, 5) is 22.9. The largest absolute Gasteiger partial charge is 0.307 e. The highest BCUT2D eigenvalue weighted by Crippen LogP contribution is 2.20. The van der Waals surface area contributed by atoms with Crippen molar-refractivity contribution >= 4 is 17.4 Å². The van der Waals surface area contributed by atoms with Crippen LogP contribution in [0.1, 0.15) is 25.0 Å². The van der Waals surface area contributed by atoms with Crippen molar-refractivity contribution in [2.24, 2.45) is 0 Å². The number of nitrogens with zero attached hydrogens (tertiary/aromatic N) is 5. The minimum atomic E-state index is -1.12. The Labute approximate surface area is 155 Å². The van der Waals surface area contributed by atoms with Gasteiger partial charge in [-0.1, -0.05) is 29.8 Å². The number of aryl methyl sites for hydroxylation is 1. The molecule has 0 bridgehead atoms. The summed E-state index contributed by atoms with van der Waals surface area (Å²) >= 11 is 0. The van der Waals surface area contributed by atoms with Gasteiger partial charge in [-0.25, -0.2) is 0 Å². The van der Waals surface area contributed by atoms with Gasteiger partial charge in [0.05, 0.1) is 11.5 Å². The summed E-state index contributed by atoms with van der Waals surface area (Å²) in [5, 5.41) is 21.8. The molecule has 9 nitrogen and oxygen atoms in total. The Morgan fingerprint density at radius 2 is 1.96 bits per heavy atom. The number of anilines is 1. The summed E-state index contributed by atoms with van der Waals surface area (Å²) < 4.78 is 3.00. The quantitative estimate of drug-likeness (QED) is 0.532. The normalized spacial score (nSPS) is 11.4. The van der Waals surface area contributed by atoms with E-state index in [0.29, 0.717) is 12.4 Å². The molecule has 9 heteroatoms. The molecule has 0 aliphatic rings. The van der Waals surface area contributed by atoms with Crippen molar-refractivity contribution in [3.05, 3.63) is 70.2 Å². The van der Waals surface area contributed by atoms with Crippen molar-refractivity contribution in [1.29, 1.82) is 0 Å². The molecule has 0 spiro atoms. The van der Waals surface area contributed by atoms with E-state index in [9.17, 15) is 14.9 Å². The van der Waals surface area contributed by atoms with E-state index in [1.807, 2.05) is 31.2 Å². The van der Waals surface area contributed by atoms with Gasteiger partial charge in [-0.05, 0) is 26.3 Å². The lowest BCUT2D eigenvalue weighted by molar-refractivity contribution is -0.385. The molecule has 0 saturated heterocycles. The Hall–Kier alpha value is -3.49. The van der Waals surface area contributed by atoms with E-state index in [2.05, 4.69) is 15.5 Å². The first-order chi connectivity index (χ1) is 12.8. The predicted molar refractivity (Wildman–Crippen MR) is 99.3 cm³/mol. The lowest BCUT2D eigenvalue weighted by Crippen LogP contribution is -2.40. The first kappa shape index (κ1) is 18.3. The molecular formula is C18H20N6O3. The molecule has 0 aliphatic carbocycles. The highest BCUT2D eigenvalue weighted by molar-refractivity contribution is 5.95. The number of carbonyl (C=O) groups is 1. The van der Waals surface area contributed by atoms with Crippen LogP contribution in [0.25, 0.3) is 0 Å². The van der Waals surface area contributed by atoms with Crippen LogP contribution in [0.3, 0.4) is 0 Å². The number of nitrogens with one attached hydrogen (secondary N) is 1. The number of hydrogen-bond donors (Lipinski definition) is 1. The van der Waals surface area contributed by atoms with Crippen molar-refractivity contribution in [2.45, 2.75) is 32.9 Å². The van der Waals surface area contributed by atoms with Crippen molar-refractivity contribution < 1.29 is 9.72 Å². The van der Waals surface area contributed by atoms with Crippen LogP contribution in [-0.4, -0.2) is 30.4 Å². The predicted octanol–water partition coefficient (Wildman–Crippen LogP) is 2.72. The standard InChI is InChI=1S/C18H20N6O3/c1-13-4-6-14(7-5-13)11-22-9-8-16(21-22)20-17(25)18(2,3)23-12-15(10-19-23)24(26)27/h4-10,12H,11H2,1-3H3,(H,20,21,25). The van der Waals surface area contributed by atoms with Gasteiger partial charge < -0.3 is 5.32 Å². The Kier molecular flexibility index (Phi) is 4.76. The van der Waals surface area contributed by atoms with Gasteiger partial charge in [0.25, 0.3) is 5.91 Å². The highest BCUT2D eigenvalue weighted by Gasteiger charge is 2.32. The Morgan fingerprint density at radius 1 is 1.26 bits per heavy atom. The molecule has 0 fully saturated rings. The van der Waals surface area contributed by atoms with Crippen LogP contribution >= 0.6 is 0 Å². The summed E-state index contributed by atoms with van der Waals surface area (Å²) in [6.07, 6.45) is 4.13. The lowest BCUT2D eigenvalue weighted by atomic mass is 10.1. The molecule has 1 amide bonds. The van der Waals surface area contributed by atoms with E-state index in [1.54, 1.807) is 30.8 Å². The Morgan fingerprint density at radius 3 is 2.59 bits per heavy atom. The fraction of sp³-hybridized carbons (Fsp3) is 0.278. The molecule has 140 valence electrons. The number of aromatic nitrogens is 4. The van der Waals surface area contributed by atoms with E-state index in [0.717, 1.165) is 11.8 Å². The molecule has 0 unspecified atom stereocenters. The monoisotopic (exact) mass is 368 g/mol. The van der Waals surface area contributed by atoms with Crippen LogP contribution in [0.5, 0.6) is 0 Å². The number of nitro groups is 1. The molecular weight excluding hydrogens is 348 g/mol. The fourth-order valence-corrected chi connectivity index (χ4v) is 2.48. The second kappa shape index (κ2) is 7.02. The Balaban J connectivity index is 1.69. The van der Waals surface area contributed by atoms with Gasteiger partial charge in [0, 0.05) is 12.3 Å². The van der Waals surface area contributed by atoms with Gasteiger partial charge in [0.15, 0.2) is 5.82 Å². The van der Waals surface area contributed by atoms with E-state index >= 15 is 0 Å². The molecule has 3 aromatic rings. The van der Waals surface area contributed by atoms with E-state index in [-0.39, 0.29) is 11.6 Å². The maximum absolute atomic E-state index is 12.6. The number of carbonyl (C=O) groups excluding carboxylic acids is 1. The van der Waals surface area contributed by atoms with Crippen molar-refractivity contribution in [3.63, 3.8) is 0 Å². The molecule has 27 heavy (non-hydrogen) atoms. The van der Waals surface area contributed by atoms with E-state index in [1.165, 1.54) is 16.4 Å². The number of amides is 1. The maximum Gasteiger partial charge on any atom is 0.307 e. The summed E-state index contributed by atoms with van der Waals surface area (Å²) in [5.74, 6) is 0.0305. The third-order valence-electron chi connectivity index (χ3n) is 4.26. The average molecular weight is 368 g/mol. The molecule has 2 heterocycles. The van der Waals surface area contributed by atoms with Gasteiger partial charge in [-0.15, -0.1) is 0 Å². The second-order valence-corrected chi connectivity index (χ2v) is 6.80. The maximum atomic E-state index is 12.6. The van der Waals surface area contributed by atoms with Gasteiger partial charge in [-0.2, -0.15) is 10.2 Å². The molecule has 3 rings (SSSR count). The first-order valence-corrected chi connectivity index (χ1v) is 8.36. The minimum absolute atomic E-state index is 0.168. The SMILES string of the molecule is Cc1ccc(Cn2ccc(NC(=O)C(C)(C)n3cc([N+](=O)[O-])cn3)n2)cc1. The molecule has 1 aromatic carbocycles. The molecule has 2 aromatic heterocycles. The summed E-state index contributed by atoms with van der Waals surface area (Å²) in [6, 6.07) is 9.83. The molecule has 0 aliphatic heterocycles. The zero-order valence-electron chi connectivity index (χ0n) is 15.3. The van der Waals surface area contributed by atoms with Gasteiger partial charge in [0.1, 0.15) is 17.9 Å². The smallest absolute Gasteiger partial charge is 0.307 e. The molecule has 0 radical (unpaired) electrons. The van der Waals surface area contributed by atoms with Crippen LogP contribution < -0.4 is 5.32 Å². The highest BCUT2D eigenvalue weighted by atomic mass is 16.6. The van der Waals surface area contributed by atoms with Crippen LogP contribution in [0.4, 0.5) is 11.5 Å². The first-order valence-electron chi connectivity index (χ1n) is 8.36.